The molecular formula is C29H21N7. The molecule has 7 rings (SSSR count). The van der Waals surface area contributed by atoms with Crippen molar-refractivity contribution >= 4 is 28.6 Å². The summed E-state index contributed by atoms with van der Waals surface area (Å²) in [5.41, 5.74) is 5.75. The van der Waals surface area contributed by atoms with Crippen molar-refractivity contribution in [1.29, 1.82) is 10.5 Å². The van der Waals surface area contributed by atoms with Crippen LogP contribution in [0.15, 0.2) is 71.9 Å². The number of nitrogens with zero attached hydrogens (tertiary/aromatic N) is 7. The van der Waals surface area contributed by atoms with Gasteiger partial charge in [0.1, 0.15) is 29.4 Å². The van der Waals surface area contributed by atoms with Crippen molar-refractivity contribution in [3.05, 3.63) is 89.4 Å². The van der Waals surface area contributed by atoms with E-state index in [0.717, 1.165) is 57.9 Å². The quantitative estimate of drug-likeness (QED) is 0.382. The summed E-state index contributed by atoms with van der Waals surface area (Å²) in [6.07, 6.45) is 10.7. The molecule has 0 spiro atoms. The zero-order chi connectivity index (χ0) is 24.2. The number of anilines is 2. The summed E-state index contributed by atoms with van der Waals surface area (Å²) in [4.78, 5) is 16.3. The van der Waals surface area contributed by atoms with E-state index in [-0.39, 0.29) is 18.0 Å². The van der Waals surface area contributed by atoms with Crippen molar-refractivity contribution in [3.63, 3.8) is 0 Å². The van der Waals surface area contributed by atoms with Crippen LogP contribution in [0.25, 0.3) is 16.7 Å². The SMILES string of the molecule is N#Cc1cc2c(cn1)N(c1cccc(-n3c4c(c5ccccc53)C[C@@H](C#N)N=C4)n1)C1CCC=CC21. The summed E-state index contributed by atoms with van der Waals surface area (Å²) < 4.78 is 2.15. The van der Waals surface area contributed by atoms with Crippen LogP contribution in [-0.4, -0.2) is 32.8 Å². The first kappa shape index (κ1) is 20.6. The van der Waals surface area contributed by atoms with E-state index >= 15 is 0 Å². The Morgan fingerprint density at radius 2 is 1.92 bits per heavy atom. The lowest BCUT2D eigenvalue weighted by Crippen LogP contribution is -2.31. The Labute approximate surface area is 208 Å². The molecule has 0 amide bonds. The van der Waals surface area contributed by atoms with Gasteiger partial charge in [0.25, 0.3) is 0 Å². The van der Waals surface area contributed by atoms with Gasteiger partial charge < -0.3 is 4.90 Å². The first-order valence-electron chi connectivity index (χ1n) is 12.2. The van der Waals surface area contributed by atoms with Crippen LogP contribution in [0.3, 0.4) is 0 Å². The molecule has 0 saturated heterocycles. The van der Waals surface area contributed by atoms with Crippen molar-refractivity contribution in [1.82, 2.24) is 14.5 Å². The van der Waals surface area contributed by atoms with E-state index in [1.165, 1.54) is 0 Å². The Balaban J connectivity index is 1.40. The molecule has 1 aliphatic carbocycles. The molecule has 0 saturated carbocycles. The third-order valence-corrected chi connectivity index (χ3v) is 7.50. The van der Waals surface area contributed by atoms with Crippen LogP contribution in [-0.2, 0) is 6.42 Å². The van der Waals surface area contributed by atoms with Crippen molar-refractivity contribution in [3.8, 4) is 18.0 Å². The Kier molecular flexibility index (Phi) is 4.52. The van der Waals surface area contributed by atoms with E-state index in [9.17, 15) is 10.5 Å². The highest BCUT2D eigenvalue weighted by atomic mass is 15.3. The molecule has 5 heterocycles. The molecule has 172 valence electrons. The van der Waals surface area contributed by atoms with Gasteiger partial charge in [-0.3, -0.25) is 9.56 Å². The molecule has 0 radical (unpaired) electrons. The number of hydrogen-bond acceptors (Lipinski definition) is 6. The van der Waals surface area contributed by atoms with Crippen molar-refractivity contribution in [2.24, 2.45) is 4.99 Å². The Morgan fingerprint density at radius 1 is 1.03 bits per heavy atom. The topological polar surface area (TPSA) is 93.9 Å². The van der Waals surface area contributed by atoms with E-state index in [1.807, 2.05) is 48.8 Å². The fourth-order valence-corrected chi connectivity index (χ4v) is 5.96. The number of hydrogen-bond donors (Lipinski definition) is 0. The minimum atomic E-state index is -0.362. The summed E-state index contributed by atoms with van der Waals surface area (Å²) in [6.45, 7) is 0. The number of benzene rings is 1. The van der Waals surface area contributed by atoms with Gasteiger partial charge in [0.15, 0.2) is 0 Å². The molecule has 0 fully saturated rings. The number of aliphatic imine (C=N–C) groups is 1. The minimum absolute atomic E-state index is 0.213. The number of pyridine rings is 2. The molecule has 2 unspecified atom stereocenters. The van der Waals surface area contributed by atoms with Gasteiger partial charge in [0.05, 0.1) is 29.2 Å². The van der Waals surface area contributed by atoms with E-state index < -0.39 is 0 Å². The fourth-order valence-electron chi connectivity index (χ4n) is 5.96. The molecule has 36 heavy (non-hydrogen) atoms. The van der Waals surface area contributed by atoms with Crippen molar-refractivity contribution < 1.29 is 0 Å². The standard InChI is InChI=1S/C29H21N7/c30-14-18-12-22-20-6-1-3-8-24(20)35(26(22)16-32-18)28-10-5-11-29(34-28)36-25-9-4-2-7-21(25)23-13-19(15-31)33-17-27(23)36/h1-3,5-8,10-11,13,16-18,21,25H,4,9,12H2/t18-,21?,25?/m0/s1. The lowest BCUT2D eigenvalue weighted by atomic mass is 9.88. The van der Waals surface area contributed by atoms with Crippen LogP contribution < -0.4 is 4.90 Å². The van der Waals surface area contributed by atoms with Crippen LogP contribution in [0, 0.1) is 22.7 Å². The van der Waals surface area contributed by atoms with Gasteiger partial charge in [-0.05, 0) is 48.2 Å². The molecule has 7 nitrogen and oxygen atoms in total. The van der Waals surface area contributed by atoms with Gasteiger partial charge in [0.2, 0.25) is 0 Å². The van der Waals surface area contributed by atoms with Gasteiger partial charge >= 0.3 is 0 Å². The number of fused-ring (bicyclic) bond motifs is 6. The third kappa shape index (κ3) is 2.93. The summed E-state index contributed by atoms with van der Waals surface area (Å²) in [7, 11) is 0. The van der Waals surface area contributed by atoms with Gasteiger partial charge in [-0.2, -0.15) is 10.5 Å². The largest absolute Gasteiger partial charge is 0.321 e. The molecule has 3 atom stereocenters. The van der Waals surface area contributed by atoms with Crippen LogP contribution in [0.2, 0.25) is 0 Å². The first-order chi connectivity index (χ1) is 17.8. The highest BCUT2D eigenvalue weighted by molar-refractivity contribution is 5.97. The molecular weight excluding hydrogens is 446 g/mol. The predicted octanol–water partition coefficient (Wildman–Crippen LogP) is 5.11. The van der Waals surface area contributed by atoms with Gasteiger partial charge in [-0.25, -0.2) is 9.97 Å². The Morgan fingerprint density at radius 3 is 2.81 bits per heavy atom. The molecule has 4 aromatic rings. The van der Waals surface area contributed by atoms with Gasteiger partial charge in [0, 0.05) is 30.0 Å². The smallest absolute Gasteiger partial charge is 0.140 e. The Hall–Kier alpha value is -4.75. The number of aromatic nitrogens is 3. The van der Waals surface area contributed by atoms with E-state index in [1.54, 1.807) is 0 Å². The zero-order valence-corrected chi connectivity index (χ0v) is 19.4. The zero-order valence-electron chi connectivity index (χ0n) is 19.4. The van der Waals surface area contributed by atoms with Crippen LogP contribution in [0.1, 0.15) is 41.3 Å². The second-order valence-electron chi connectivity index (χ2n) is 9.41. The lowest BCUT2D eigenvalue weighted by Gasteiger charge is -2.30. The summed E-state index contributed by atoms with van der Waals surface area (Å²) >= 11 is 0. The average molecular weight is 468 g/mol. The fraction of sp³-hybridized carbons (Fsp3) is 0.207. The van der Waals surface area contributed by atoms with Crippen LogP contribution >= 0.6 is 0 Å². The van der Waals surface area contributed by atoms with E-state index in [0.29, 0.717) is 12.1 Å². The molecule has 0 N–H and O–H groups in total. The monoisotopic (exact) mass is 467 g/mol. The number of nitriles is 2. The third-order valence-electron chi connectivity index (χ3n) is 7.50. The predicted molar refractivity (Wildman–Crippen MR) is 138 cm³/mol. The van der Waals surface area contributed by atoms with E-state index in [2.05, 4.69) is 55.9 Å². The second-order valence-corrected chi connectivity index (χ2v) is 9.41. The van der Waals surface area contributed by atoms with Gasteiger partial charge in [-0.1, -0.05) is 36.4 Å². The average Bonchev–Trinajstić information content (AvgIpc) is 3.45. The van der Waals surface area contributed by atoms with Crippen molar-refractivity contribution in [2.45, 2.75) is 37.3 Å². The first-order valence-corrected chi connectivity index (χ1v) is 12.2. The second kappa shape index (κ2) is 7.90. The molecule has 2 aliphatic heterocycles. The van der Waals surface area contributed by atoms with E-state index in [4.69, 9.17) is 4.98 Å². The maximum Gasteiger partial charge on any atom is 0.140 e. The highest BCUT2D eigenvalue weighted by Gasteiger charge is 2.40. The normalized spacial score (nSPS) is 21.5. The summed E-state index contributed by atoms with van der Waals surface area (Å²) in [6, 6.07) is 20.6. The summed E-state index contributed by atoms with van der Waals surface area (Å²) in [5.74, 6) is 1.88. The Bertz CT molecular complexity index is 1680. The maximum absolute atomic E-state index is 9.46. The molecule has 0 bridgehead atoms. The maximum atomic E-state index is 9.46. The molecule has 1 aromatic carbocycles. The number of para-hydroxylation sites is 1. The minimum Gasteiger partial charge on any atom is -0.321 e. The highest BCUT2D eigenvalue weighted by Crippen LogP contribution is 2.48. The number of rotatable bonds is 2. The number of allylic oxidation sites excluding steroid dienone is 1. The van der Waals surface area contributed by atoms with Crippen LogP contribution in [0.4, 0.5) is 11.5 Å². The molecule has 3 aromatic heterocycles. The lowest BCUT2D eigenvalue weighted by molar-refractivity contribution is 0.562. The van der Waals surface area contributed by atoms with Crippen LogP contribution in [0.5, 0.6) is 0 Å². The summed E-state index contributed by atoms with van der Waals surface area (Å²) in [5, 5.41) is 20.0. The van der Waals surface area contributed by atoms with Gasteiger partial charge in [-0.15, -0.1) is 0 Å². The molecule has 7 heteroatoms. The molecule has 3 aliphatic rings. The van der Waals surface area contributed by atoms with Crippen molar-refractivity contribution in [2.75, 3.05) is 4.90 Å².